The number of nitrogens with one attached hydrogen (secondary N) is 2. The van der Waals surface area contributed by atoms with Crippen LogP contribution in [0, 0.1) is 0 Å². The van der Waals surface area contributed by atoms with Gasteiger partial charge < -0.3 is 14.6 Å². The zero-order valence-corrected chi connectivity index (χ0v) is 27.9. The van der Waals surface area contributed by atoms with Crippen molar-refractivity contribution in [3.8, 4) is 5.75 Å². The molecule has 12 heteroatoms. The third-order valence-corrected chi connectivity index (χ3v) is 8.78. The van der Waals surface area contributed by atoms with Gasteiger partial charge in [0, 0.05) is 56.7 Å². The fourth-order valence-corrected chi connectivity index (χ4v) is 5.84. The van der Waals surface area contributed by atoms with E-state index in [4.69, 9.17) is 19.6 Å². The molecule has 0 saturated heterocycles. The average Bonchev–Trinajstić information content (AvgIpc) is 3.46. The van der Waals surface area contributed by atoms with Crippen molar-refractivity contribution in [2.75, 3.05) is 19.8 Å². The van der Waals surface area contributed by atoms with Crippen LogP contribution in [0.25, 0.3) is 10.4 Å². The van der Waals surface area contributed by atoms with Crippen LogP contribution < -0.4 is 15.6 Å². The summed E-state index contributed by atoms with van der Waals surface area (Å²) in [5.74, 6) is 0.492. The van der Waals surface area contributed by atoms with Gasteiger partial charge in [0.1, 0.15) is 5.75 Å². The van der Waals surface area contributed by atoms with E-state index in [9.17, 15) is 10.3 Å². The molecule has 0 unspecified atom stereocenters. The maximum Gasteiger partial charge on any atom is 0.266 e. The number of amides is 1. The van der Waals surface area contributed by atoms with Crippen LogP contribution in [-0.2, 0) is 22.4 Å². The van der Waals surface area contributed by atoms with Gasteiger partial charge >= 0.3 is 0 Å². The van der Waals surface area contributed by atoms with Crippen LogP contribution in [0.1, 0.15) is 34.8 Å². The molecular formula is C34H32Br2N6O4. The molecule has 4 aromatic rings. The number of carbonyl (C=O) groups is 1. The minimum Gasteiger partial charge on any atom is -0.494 e. The lowest BCUT2D eigenvalue weighted by Gasteiger charge is -2.31. The summed E-state index contributed by atoms with van der Waals surface area (Å²) in [7, 11) is 0. The Morgan fingerprint density at radius 3 is 2.50 bits per heavy atom. The van der Waals surface area contributed by atoms with Crippen LogP contribution in [0.5, 0.6) is 5.75 Å². The first-order valence-electron chi connectivity index (χ1n) is 14.7. The minimum atomic E-state index is -1.50. The van der Waals surface area contributed by atoms with Gasteiger partial charge in [0.2, 0.25) is 5.90 Å². The zero-order valence-electron chi connectivity index (χ0n) is 24.8. The Morgan fingerprint density at radius 2 is 1.76 bits per heavy atom. The van der Waals surface area contributed by atoms with Gasteiger partial charge in [-0.2, -0.15) is 0 Å². The van der Waals surface area contributed by atoms with E-state index in [0.717, 1.165) is 20.1 Å². The van der Waals surface area contributed by atoms with Crippen molar-refractivity contribution in [3.63, 3.8) is 0 Å². The van der Waals surface area contributed by atoms with Gasteiger partial charge in [-0.05, 0) is 65.5 Å². The molecule has 0 saturated carbocycles. The quantitative estimate of drug-likeness (QED) is 0.0409. The van der Waals surface area contributed by atoms with E-state index in [1.54, 1.807) is 30.3 Å². The van der Waals surface area contributed by atoms with Crippen molar-refractivity contribution >= 4 is 49.4 Å². The summed E-state index contributed by atoms with van der Waals surface area (Å²) < 4.78 is 14.1. The highest BCUT2D eigenvalue weighted by atomic mass is 79.9. The van der Waals surface area contributed by atoms with E-state index in [2.05, 4.69) is 52.7 Å². The monoisotopic (exact) mass is 746 g/mol. The molecule has 0 bridgehead atoms. The number of aliphatic hydroxyl groups is 1. The Balaban J connectivity index is 1.53. The number of aliphatic imine (C=N–C) groups is 1. The molecule has 1 amide bonds. The molecule has 46 heavy (non-hydrogen) atoms. The predicted octanol–water partition coefficient (Wildman–Crippen LogP) is 7.28. The first kappa shape index (κ1) is 33.2. The molecule has 0 radical (unpaired) electrons. The van der Waals surface area contributed by atoms with Gasteiger partial charge in [0.25, 0.3) is 5.91 Å². The molecule has 10 nitrogen and oxygen atoms in total. The number of aliphatic hydroxyl groups excluding tert-OH is 1. The topological polar surface area (TPSA) is 141 Å². The number of azide groups is 1. The number of hydrogen-bond donors (Lipinski definition) is 3. The molecule has 0 spiro atoms. The Hall–Kier alpha value is -4.19. The number of rotatable bonds is 14. The first-order valence-corrected chi connectivity index (χ1v) is 16.3. The molecule has 2 atom stereocenters. The maximum absolute atomic E-state index is 14.4. The third-order valence-electron chi connectivity index (χ3n) is 7.47. The van der Waals surface area contributed by atoms with Crippen molar-refractivity contribution < 1.29 is 19.4 Å². The molecular weight excluding hydrogens is 716 g/mol. The third kappa shape index (κ3) is 7.96. The van der Waals surface area contributed by atoms with Crippen LogP contribution in [-0.4, -0.2) is 42.2 Å². The lowest BCUT2D eigenvalue weighted by atomic mass is 9.81. The smallest absolute Gasteiger partial charge is 0.266 e. The highest BCUT2D eigenvalue weighted by Gasteiger charge is 2.54. The highest BCUT2D eigenvalue weighted by molar-refractivity contribution is 9.10. The van der Waals surface area contributed by atoms with Crippen molar-refractivity contribution in [1.82, 2.24) is 10.9 Å². The summed E-state index contributed by atoms with van der Waals surface area (Å²) in [6, 6.07) is 29.9. The Morgan fingerprint density at radius 1 is 1.02 bits per heavy atom. The molecule has 5 rings (SSSR count). The van der Waals surface area contributed by atoms with Gasteiger partial charge in [-0.3, -0.25) is 10.2 Å². The standard InChI is InChI=1S/C34H32Br2N6O4/c35-26-14-10-23(11-15-26)18-19-38-41-33(44)34(22-25-6-1-3-8-29(25)36)31(28-7-2-4-9-30(28)40-42-37)46-32(39-34)24-12-16-27(17-13-24)45-21-5-20-43/h1-4,6-17,31,38,43H,5,18-22H2,(H,41,44)/t31-,34-/m0/s1. The molecule has 1 aliphatic heterocycles. The van der Waals surface area contributed by atoms with Crippen LogP contribution in [0.3, 0.4) is 0 Å². The summed E-state index contributed by atoms with van der Waals surface area (Å²) in [4.78, 5) is 22.5. The summed E-state index contributed by atoms with van der Waals surface area (Å²) in [5, 5.41) is 13.0. The molecule has 1 heterocycles. The van der Waals surface area contributed by atoms with Crippen molar-refractivity contribution in [1.29, 1.82) is 0 Å². The number of halogens is 2. The number of ether oxygens (including phenoxy) is 2. The maximum atomic E-state index is 14.4. The molecule has 3 N–H and O–H groups in total. The Labute approximate surface area is 283 Å². The predicted molar refractivity (Wildman–Crippen MR) is 184 cm³/mol. The second-order valence-corrected chi connectivity index (χ2v) is 12.3. The molecule has 0 aromatic heterocycles. The lowest BCUT2D eigenvalue weighted by molar-refractivity contribution is -0.130. The molecule has 0 fully saturated rings. The zero-order chi connectivity index (χ0) is 32.4. The van der Waals surface area contributed by atoms with Crippen molar-refractivity contribution in [2.24, 2.45) is 10.1 Å². The Kier molecular flexibility index (Phi) is 11.5. The number of nitrogens with zero attached hydrogens (tertiary/aromatic N) is 4. The van der Waals surface area contributed by atoms with Crippen molar-refractivity contribution in [2.45, 2.75) is 30.9 Å². The molecule has 236 valence electrons. The van der Waals surface area contributed by atoms with Crippen LogP contribution >= 0.6 is 31.9 Å². The SMILES string of the molecule is [N-]=[N+]=Nc1ccccc1[C@@H]1OC(c2ccc(OCCCO)cc2)=N[C@]1(Cc1ccccc1Br)C(=O)NNCCc1ccc(Br)cc1. The van der Waals surface area contributed by atoms with Gasteiger partial charge in [0.15, 0.2) is 11.6 Å². The van der Waals surface area contributed by atoms with Crippen LogP contribution in [0.2, 0.25) is 0 Å². The number of carbonyl (C=O) groups excluding carboxylic acids is 1. The van der Waals surface area contributed by atoms with Gasteiger partial charge in [-0.25, -0.2) is 10.4 Å². The average molecular weight is 748 g/mol. The molecule has 1 aliphatic rings. The second-order valence-electron chi connectivity index (χ2n) is 10.6. The molecule has 4 aromatic carbocycles. The number of benzene rings is 4. The summed E-state index contributed by atoms with van der Waals surface area (Å²) in [6.45, 7) is 0.908. The van der Waals surface area contributed by atoms with E-state index in [0.29, 0.717) is 48.6 Å². The van der Waals surface area contributed by atoms with Crippen LogP contribution in [0.15, 0.2) is 116 Å². The summed E-state index contributed by atoms with van der Waals surface area (Å²) in [5.41, 5.74) is 17.3. The summed E-state index contributed by atoms with van der Waals surface area (Å²) in [6.07, 6.45) is 0.444. The van der Waals surface area contributed by atoms with E-state index >= 15 is 0 Å². The van der Waals surface area contributed by atoms with Gasteiger partial charge in [-0.1, -0.05) is 91.6 Å². The van der Waals surface area contributed by atoms with E-state index in [-0.39, 0.29) is 18.9 Å². The first-order chi connectivity index (χ1) is 22.4. The van der Waals surface area contributed by atoms with Crippen molar-refractivity contribution in [3.05, 3.63) is 139 Å². The van der Waals surface area contributed by atoms with Gasteiger partial charge in [-0.15, -0.1) is 0 Å². The van der Waals surface area contributed by atoms with Crippen LogP contribution in [0.4, 0.5) is 5.69 Å². The van der Waals surface area contributed by atoms with E-state index in [1.165, 1.54) is 0 Å². The normalized spacial score (nSPS) is 17.0. The molecule has 0 aliphatic carbocycles. The fourth-order valence-electron chi connectivity index (χ4n) is 5.15. The van der Waals surface area contributed by atoms with E-state index < -0.39 is 17.6 Å². The largest absolute Gasteiger partial charge is 0.494 e. The number of hydrogen-bond acceptors (Lipinski definition) is 7. The highest BCUT2D eigenvalue weighted by Crippen LogP contribution is 2.46. The van der Waals surface area contributed by atoms with E-state index in [1.807, 2.05) is 66.7 Å². The summed E-state index contributed by atoms with van der Waals surface area (Å²) >= 11 is 7.10. The Bertz CT molecular complexity index is 1730. The minimum absolute atomic E-state index is 0.0439. The van der Waals surface area contributed by atoms with Gasteiger partial charge in [0.05, 0.1) is 6.61 Å². The number of hydrazine groups is 1. The fraction of sp³-hybridized carbons (Fsp3) is 0.235. The second kappa shape index (κ2) is 15.9. The lowest BCUT2D eigenvalue weighted by Crippen LogP contribution is -2.54.